The molecule has 0 radical (unpaired) electrons. The maximum Gasteiger partial charge on any atom is 0.199 e. The van der Waals surface area contributed by atoms with E-state index in [1.807, 2.05) is 55.7 Å². The number of fused-ring (bicyclic) bond motifs is 1. The molecule has 144 valence electrons. The van der Waals surface area contributed by atoms with Crippen molar-refractivity contribution in [2.75, 3.05) is 5.73 Å². The van der Waals surface area contributed by atoms with Crippen LogP contribution in [0, 0.1) is 0 Å². The largest absolute Gasteiger partial charge is 0.486 e. The first-order chi connectivity index (χ1) is 13.4. The van der Waals surface area contributed by atoms with Crippen LogP contribution >= 0.6 is 0 Å². The van der Waals surface area contributed by atoms with Crippen LogP contribution in [0.5, 0.6) is 5.75 Å². The number of benzene rings is 1. The lowest BCUT2D eigenvalue weighted by Gasteiger charge is -2.30. The first kappa shape index (κ1) is 17.9. The molecule has 28 heavy (non-hydrogen) atoms. The monoisotopic (exact) mass is 379 g/mol. The average Bonchev–Trinajstić information content (AvgIpc) is 3.25. The van der Waals surface area contributed by atoms with E-state index in [2.05, 4.69) is 20.3 Å². The maximum absolute atomic E-state index is 6.03. The molecule has 0 amide bonds. The van der Waals surface area contributed by atoms with Crippen molar-refractivity contribution in [2.45, 2.75) is 32.4 Å². The number of aromatic nitrogens is 5. The first-order valence-electron chi connectivity index (χ1n) is 8.83. The Labute approximate surface area is 161 Å². The maximum atomic E-state index is 6.03. The molecule has 1 atom stereocenters. The predicted octanol–water partition coefficient (Wildman–Crippen LogP) is 2.56. The highest BCUT2D eigenvalue weighted by atomic mass is 16.6. The van der Waals surface area contributed by atoms with Gasteiger partial charge in [-0.2, -0.15) is 0 Å². The van der Waals surface area contributed by atoms with Gasteiger partial charge >= 0.3 is 0 Å². The number of ether oxygens (including phenoxy) is 1. The van der Waals surface area contributed by atoms with Gasteiger partial charge in [0.15, 0.2) is 17.3 Å². The summed E-state index contributed by atoms with van der Waals surface area (Å²) in [6, 6.07) is 9.40. The second-order valence-corrected chi connectivity index (χ2v) is 7.12. The molecule has 1 unspecified atom stereocenters. The van der Waals surface area contributed by atoms with Gasteiger partial charge in [0, 0.05) is 17.9 Å². The van der Waals surface area contributed by atoms with Crippen LogP contribution in [0.25, 0.3) is 28.2 Å². The zero-order valence-corrected chi connectivity index (χ0v) is 15.8. The number of anilines is 1. The summed E-state index contributed by atoms with van der Waals surface area (Å²) in [5.74, 6) is 1.41. The molecule has 4 N–H and O–H groups in total. The van der Waals surface area contributed by atoms with Gasteiger partial charge in [-0.25, -0.2) is 9.61 Å². The van der Waals surface area contributed by atoms with E-state index in [-0.39, 0.29) is 11.9 Å². The number of nitrogens with zero attached hydrogens (tertiary/aromatic N) is 5. The number of hydrogen-bond acceptors (Lipinski definition) is 8. The van der Waals surface area contributed by atoms with Crippen LogP contribution in [0.4, 0.5) is 5.82 Å². The molecular weight excluding hydrogens is 358 g/mol. The van der Waals surface area contributed by atoms with Gasteiger partial charge in [0.05, 0.1) is 11.7 Å². The van der Waals surface area contributed by atoms with Crippen LogP contribution in [-0.2, 0) is 0 Å². The first-order valence-corrected chi connectivity index (χ1v) is 8.83. The van der Waals surface area contributed by atoms with E-state index in [4.69, 9.17) is 20.8 Å². The predicted molar refractivity (Wildman–Crippen MR) is 105 cm³/mol. The Kier molecular flexibility index (Phi) is 4.23. The molecule has 0 aliphatic heterocycles. The topological polar surface area (TPSA) is 131 Å². The smallest absolute Gasteiger partial charge is 0.199 e. The van der Waals surface area contributed by atoms with Crippen molar-refractivity contribution in [3.8, 4) is 23.0 Å². The third kappa shape index (κ3) is 3.05. The van der Waals surface area contributed by atoms with Crippen LogP contribution in [0.2, 0.25) is 0 Å². The Bertz CT molecular complexity index is 1110. The van der Waals surface area contributed by atoms with E-state index in [1.165, 1.54) is 0 Å². The standard InChI is InChI=1S/C19H21N7O2/c1-11(20)19(2,3)27-13-6-4-12(5-7-13)26-15-8-9-22-10-14(15)23-18(26)16-17(21)25-28-24-16/h4-11H,20H2,1-3H3,(H2,21,25). The minimum absolute atomic E-state index is 0.119. The Morgan fingerprint density at radius 1 is 1.14 bits per heavy atom. The Balaban J connectivity index is 1.80. The molecule has 0 saturated carbocycles. The highest BCUT2D eigenvalue weighted by Gasteiger charge is 2.25. The molecule has 0 aliphatic rings. The van der Waals surface area contributed by atoms with E-state index in [0.717, 1.165) is 17.0 Å². The molecular formula is C19H21N7O2. The van der Waals surface area contributed by atoms with Crippen molar-refractivity contribution in [3.63, 3.8) is 0 Å². The third-order valence-electron chi connectivity index (χ3n) is 4.75. The Morgan fingerprint density at radius 3 is 2.54 bits per heavy atom. The Morgan fingerprint density at radius 2 is 1.89 bits per heavy atom. The summed E-state index contributed by atoms with van der Waals surface area (Å²) in [6.45, 7) is 5.84. The van der Waals surface area contributed by atoms with Crippen LogP contribution in [0.1, 0.15) is 20.8 Å². The molecule has 0 saturated heterocycles. The summed E-state index contributed by atoms with van der Waals surface area (Å²) >= 11 is 0. The summed E-state index contributed by atoms with van der Waals surface area (Å²) in [6.07, 6.45) is 3.39. The minimum atomic E-state index is -0.485. The van der Waals surface area contributed by atoms with Crippen LogP contribution in [0.15, 0.2) is 47.4 Å². The van der Waals surface area contributed by atoms with Crippen molar-refractivity contribution < 1.29 is 9.37 Å². The van der Waals surface area contributed by atoms with Crippen molar-refractivity contribution >= 4 is 16.9 Å². The van der Waals surface area contributed by atoms with Gasteiger partial charge in [0.1, 0.15) is 16.9 Å². The zero-order chi connectivity index (χ0) is 19.9. The second kappa shape index (κ2) is 6.61. The number of nitrogens with two attached hydrogens (primary N) is 2. The number of imidazole rings is 1. The van der Waals surface area contributed by atoms with Gasteiger partial charge in [-0.05, 0) is 61.4 Å². The fraction of sp³-hybridized carbons (Fsp3) is 0.263. The number of nitrogen functional groups attached to an aromatic ring is 1. The van der Waals surface area contributed by atoms with E-state index < -0.39 is 5.60 Å². The van der Waals surface area contributed by atoms with Gasteiger partial charge in [-0.15, -0.1) is 0 Å². The molecule has 4 rings (SSSR count). The van der Waals surface area contributed by atoms with Crippen molar-refractivity contribution in [1.29, 1.82) is 0 Å². The van der Waals surface area contributed by atoms with E-state index in [9.17, 15) is 0 Å². The number of pyridine rings is 1. The van der Waals surface area contributed by atoms with Crippen molar-refractivity contribution in [1.82, 2.24) is 24.8 Å². The summed E-state index contributed by atoms with van der Waals surface area (Å²) in [5.41, 5.74) is 14.2. The highest BCUT2D eigenvalue weighted by Crippen LogP contribution is 2.30. The van der Waals surface area contributed by atoms with Crippen LogP contribution in [-0.4, -0.2) is 36.5 Å². The summed E-state index contributed by atoms with van der Waals surface area (Å²) in [4.78, 5) is 8.74. The number of hydrogen-bond donors (Lipinski definition) is 2. The lowest BCUT2D eigenvalue weighted by molar-refractivity contribution is 0.0861. The van der Waals surface area contributed by atoms with Crippen LogP contribution in [0.3, 0.4) is 0 Å². The van der Waals surface area contributed by atoms with E-state index in [1.54, 1.807) is 12.4 Å². The summed E-state index contributed by atoms with van der Waals surface area (Å²) in [7, 11) is 0. The third-order valence-corrected chi connectivity index (χ3v) is 4.75. The lowest BCUT2D eigenvalue weighted by atomic mass is 10.0. The molecule has 1 aromatic carbocycles. The minimum Gasteiger partial charge on any atom is -0.486 e. The zero-order valence-electron chi connectivity index (χ0n) is 15.8. The molecule has 9 heteroatoms. The fourth-order valence-corrected chi connectivity index (χ4v) is 2.76. The quantitative estimate of drug-likeness (QED) is 0.541. The summed E-state index contributed by atoms with van der Waals surface area (Å²) < 4.78 is 12.7. The molecule has 0 spiro atoms. The molecule has 3 aromatic heterocycles. The average molecular weight is 379 g/mol. The van der Waals surface area contributed by atoms with Gasteiger partial charge in [-0.3, -0.25) is 9.55 Å². The van der Waals surface area contributed by atoms with Crippen molar-refractivity contribution in [3.05, 3.63) is 42.7 Å². The Hall–Kier alpha value is -3.46. The van der Waals surface area contributed by atoms with Gasteiger partial charge < -0.3 is 16.2 Å². The second-order valence-electron chi connectivity index (χ2n) is 7.12. The fourth-order valence-electron chi connectivity index (χ4n) is 2.76. The number of rotatable bonds is 5. The molecule has 0 aliphatic carbocycles. The normalized spacial score (nSPS) is 13.0. The molecule has 0 fully saturated rings. The molecule has 0 bridgehead atoms. The van der Waals surface area contributed by atoms with Crippen molar-refractivity contribution in [2.24, 2.45) is 5.73 Å². The van der Waals surface area contributed by atoms with Crippen LogP contribution < -0.4 is 16.2 Å². The van der Waals surface area contributed by atoms with E-state index >= 15 is 0 Å². The SMILES string of the molecule is CC(N)C(C)(C)Oc1ccc(-n2c(-c3nonc3N)nc3cnccc32)cc1. The van der Waals surface area contributed by atoms with Gasteiger partial charge in [0.25, 0.3) is 0 Å². The lowest BCUT2D eigenvalue weighted by Crippen LogP contribution is -2.45. The molecule has 9 nitrogen and oxygen atoms in total. The molecule has 3 heterocycles. The molecule has 4 aromatic rings. The van der Waals surface area contributed by atoms with Gasteiger partial charge in [0.2, 0.25) is 0 Å². The van der Waals surface area contributed by atoms with E-state index in [0.29, 0.717) is 17.0 Å². The summed E-state index contributed by atoms with van der Waals surface area (Å²) in [5, 5.41) is 7.56. The van der Waals surface area contributed by atoms with Gasteiger partial charge in [-0.1, -0.05) is 0 Å². The highest BCUT2D eigenvalue weighted by molar-refractivity contribution is 5.83.